The van der Waals surface area contributed by atoms with Gasteiger partial charge in [-0.05, 0) is 37.1 Å². The van der Waals surface area contributed by atoms with Gasteiger partial charge >= 0.3 is 11.9 Å². The molecule has 44 heavy (non-hydrogen) atoms. The molecule has 0 spiro atoms. The molecule has 3 aromatic rings. The molecule has 0 bridgehead atoms. The van der Waals surface area contributed by atoms with Crippen LogP contribution < -0.4 is 25.3 Å². The fraction of sp³-hybridized carbons (Fsp3) is 0.310. The van der Waals surface area contributed by atoms with Gasteiger partial charge in [-0.25, -0.2) is 14.6 Å². The Bertz CT molecular complexity index is 1670. The summed E-state index contributed by atoms with van der Waals surface area (Å²) < 4.78 is 26.1. The summed E-state index contributed by atoms with van der Waals surface area (Å²) in [4.78, 5) is 42.1. The van der Waals surface area contributed by atoms with Crippen molar-refractivity contribution in [2.75, 3.05) is 51.8 Å². The lowest BCUT2D eigenvalue weighted by Crippen LogP contribution is -2.14. The van der Waals surface area contributed by atoms with E-state index in [9.17, 15) is 24.9 Å². The first-order chi connectivity index (χ1) is 21.1. The fourth-order valence-corrected chi connectivity index (χ4v) is 6.23. The number of hydrogen-bond donors (Lipinski definition) is 2. The van der Waals surface area contributed by atoms with Gasteiger partial charge in [0.25, 0.3) is 0 Å². The van der Waals surface area contributed by atoms with Gasteiger partial charge in [0.15, 0.2) is 11.5 Å². The van der Waals surface area contributed by atoms with Gasteiger partial charge < -0.3 is 34.7 Å². The molecule has 0 atom stereocenters. The van der Waals surface area contributed by atoms with E-state index in [1.807, 2.05) is 6.07 Å². The molecule has 0 aliphatic rings. The molecule has 15 heteroatoms. The van der Waals surface area contributed by atoms with Gasteiger partial charge in [-0.15, -0.1) is 23.1 Å². The highest BCUT2D eigenvalue weighted by Gasteiger charge is 2.27. The van der Waals surface area contributed by atoms with Crippen LogP contribution in [-0.4, -0.2) is 63.6 Å². The van der Waals surface area contributed by atoms with Crippen LogP contribution >= 0.6 is 23.1 Å². The van der Waals surface area contributed by atoms with Crippen LogP contribution in [0.4, 0.5) is 10.8 Å². The van der Waals surface area contributed by atoms with Crippen molar-refractivity contribution in [1.82, 2.24) is 4.98 Å². The number of esters is 2. The number of nitrogen functional groups attached to an aromatic ring is 1. The molecular formula is C29H29N5O8S2. The van der Waals surface area contributed by atoms with Crippen LogP contribution in [0.1, 0.15) is 50.1 Å². The number of anilines is 2. The maximum Gasteiger partial charge on any atom is 0.348 e. The third kappa shape index (κ3) is 6.80. The molecule has 1 amide bonds. The predicted octanol–water partition coefficient (Wildman–Crippen LogP) is 4.55. The maximum absolute atomic E-state index is 12.9. The Labute approximate surface area is 261 Å². The predicted molar refractivity (Wildman–Crippen MR) is 163 cm³/mol. The second-order valence-corrected chi connectivity index (χ2v) is 10.8. The number of nitrogens with zero attached hydrogens (tertiary/aromatic N) is 3. The quantitative estimate of drug-likeness (QED) is 0.207. The highest BCUT2D eigenvalue weighted by molar-refractivity contribution is 7.99. The average Bonchev–Trinajstić information content (AvgIpc) is 3.34. The van der Waals surface area contributed by atoms with Gasteiger partial charge in [-0.3, -0.25) is 4.79 Å². The zero-order chi connectivity index (χ0) is 32.6. The molecule has 1 aromatic carbocycles. The van der Waals surface area contributed by atoms with Gasteiger partial charge in [-0.1, -0.05) is 0 Å². The molecule has 0 radical (unpaired) electrons. The number of methoxy groups -OCH3 is 4. The standard InChI is InChI=1S/C29H29N5O8S2/c1-7-42-29(37)24-14(2)21(28(36)41-6)27(44-24)33-20(35)8-9-43-26-17(13-31)22(16(12-30)25(32)34-26)15-10-18(38-3)23(40-5)19(11-15)39-4/h10-11H,7-9H2,1-6H3,(H2,32,34)(H,33,35). The first-order valence-electron chi connectivity index (χ1n) is 12.9. The van der Waals surface area contributed by atoms with Crippen LogP contribution in [0.25, 0.3) is 11.1 Å². The van der Waals surface area contributed by atoms with Gasteiger partial charge in [0, 0.05) is 17.7 Å². The van der Waals surface area contributed by atoms with Gasteiger partial charge in [0.1, 0.15) is 38.4 Å². The topological polar surface area (TPSA) is 196 Å². The average molecular weight is 640 g/mol. The van der Waals surface area contributed by atoms with Crippen LogP contribution in [-0.2, 0) is 14.3 Å². The number of ether oxygens (including phenoxy) is 5. The molecule has 2 aromatic heterocycles. The summed E-state index contributed by atoms with van der Waals surface area (Å²) >= 11 is 1.99. The van der Waals surface area contributed by atoms with E-state index < -0.39 is 17.8 Å². The van der Waals surface area contributed by atoms with Gasteiger partial charge in [0.2, 0.25) is 11.7 Å². The maximum atomic E-state index is 12.9. The molecule has 2 heterocycles. The van der Waals surface area contributed by atoms with Crippen LogP contribution in [0.5, 0.6) is 17.2 Å². The van der Waals surface area contributed by atoms with Crippen molar-refractivity contribution in [3.05, 3.63) is 39.3 Å². The van der Waals surface area contributed by atoms with Crippen LogP contribution in [0.2, 0.25) is 0 Å². The van der Waals surface area contributed by atoms with Gasteiger partial charge in [0.05, 0.1) is 46.2 Å². The molecular weight excluding hydrogens is 610 g/mol. The minimum atomic E-state index is -0.714. The Hall–Kier alpha value is -4.99. The number of thioether (sulfide) groups is 1. The number of nitrogens with one attached hydrogen (secondary N) is 1. The number of thiophene rings is 1. The number of nitriles is 2. The number of benzene rings is 1. The van der Waals surface area contributed by atoms with E-state index in [1.165, 1.54) is 28.4 Å². The first kappa shape index (κ1) is 33.5. The SMILES string of the molecule is CCOC(=O)c1sc(NC(=O)CCSc2nc(N)c(C#N)c(-c3cc(OC)c(OC)c(OC)c3)c2C#N)c(C(=O)OC)c1C. The number of pyridine rings is 1. The van der Waals surface area contributed by atoms with Crippen LogP contribution in [0.15, 0.2) is 17.2 Å². The normalized spacial score (nSPS) is 10.3. The lowest BCUT2D eigenvalue weighted by Gasteiger charge is -2.17. The van der Waals surface area contributed by atoms with E-state index >= 15 is 0 Å². The number of amides is 1. The monoisotopic (exact) mass is 639 g/mol. The number of rotatable bonds is 12. The Kier molecular flexibility index (Phi) is 11.4. The zero-order valence-electron chi connectivity index (χ0n) is 24.8. The lowest BCUT2D eigenvalue weighted by molar-refractivity contribution is -0.115. The Morgan fingerprint density at radius 1 is 1.02 bits per heavy atom. The smallest absolute Gasteiger partial charge is 0.348 e. The van der Waals surface area contributed by atoms with Crippen molar-refractivity contribution in [3.63, 3.8) is 0 Å². The Morgan fingerprint density at radius 3 is 2.18 bits per heavy atom. The molecule has 0 unspecified atom stereocenters. The van der Waals surface area contributed by atoms with E-state index in [1.54, 1.807) is 26.0 Å². The first-order valence-corrected chi connectivity index (χ1v) is 14.7. The molecule has 0 aliphatic carbocycles. The number of nitrogens with two attached hydrogens (primary N) is 1. The highest BCUT2D eigenvalue weighted by Crippen LogP contribution is 2.44. The van der Waals surface area contributed by atoms with Gasteiger partial charge in [-0.2, -0.15) is 10.5 Å². The molecule has 0 saturated carbocycles. The second-order valence-electron chi connectivity index (χ2n) is 8.68. The molecule has 0 saturated heterocycles. The van der Waals surface area contributed by atoms with E-state index in [-0.39, 0.29) is 61.8 Å². The fourth-order valence-electron chi connectivity index (χ4n) is 4.19. The minimum Gasteiger partial charge on any atom is -0.493 e. The molecule has 13 nitrogen and oxygen atoms in total. The molecule has 230 valence electrons. The summed E-state index contributed by atoms with van der Waals surface area (Å²) in [6, 6.07) is 7.30. The van der Waals surface area contributed by atoms with Crippen molar-refractivity contribution in [2.24, 2.45) is 0 Å². The summed E-state index contributed by atoms with van der Waals surface area (Å²) in [7, 11) is 5.52. The number of aromatic nitrogens is 1. The van der Waals surface area contributed by atoms with E-state index in [0.29, 0.717) is 28.4 Å². The zero-order valence-corrected chi connectivity index (χ0v) is 26.4. The third-order valence-corrected chi connectivity index (χ3v) is 8.35. The summed E-state index contributed by atoms with van der Waals surface area (Å²) in [5, 5.41) is 23.1. The van der Waals surface area contributed by atoms with Crippen molar-refractivity contribution < 1.29 is 38.1 Å². The summed E-state index contributed by atoms with van der Waals surface area (Å²) in [5.74, 6) is -0.828. The van der Waals surface area contributed by atoms with Crippen molar-refractivity contribution in [3.8, 4) is 40.5 Å². The second kappa shape index (κ2) is 15.0. The van der Waals surface area contributed by atoms with E-state index in [0.717, 1.165) is 23.1 Å². The number of hydrogen-bond acceptors (Lipinski definition) is 14. The summed E-state index contributed by atoms with van der Waals surface area (Å²) in [5.41, 5.74) is 7.21. The lowest BCUT2D eigenvalue weighted by atomic mass is 9.96. The summed E-state index contributed by atoms with van der Waals surface area (Å²) in [6.07, 6.45) is -0.0665. The Morgan fingerprint density at radius 2 is 1.66 bits per heavy atom. The molecule has 0 aliphatic heterocycles. The highest BCUT2D eigenvalue weighted by atomic mass is 32.2. The largest absolute Gasteiger partial charge is 0.493 e. The molecule has 3 rings (SSSR count). The van der Waals surface area contributed by atoms with Crippen molar-refractivity contribution >= 4 is 51.8 Å². The number of carbonyl (C=O) groups is 3. The number of carbonyl (C=O) groups excluding carboxylic acids is 3. The van der Waals surface area contributed by atoms with E-state index in [2.05, 4.69) is 16.4 Å². The van der Waals surface area contributed by atoms with Crippen molar-refractivity contribution in [2.45, 2.75) is 25.3 Å². The van der Waals surface area contributed by atoms with Crippen molar-refractivity contribution in [1.29, 1.82) is 10.5 Å². The van der Waals surface area contributed by atoms with E-state index in [4.69, 9.17) is 29.4 Å². The minimum absolute atomic E-state index is 0.0151. The van der Waals surface area contributed by atoms with Crippen LogP contribution in [0, 0.1) is 29.6 Å². The van der Waals surface area contributed by atoms with Crippen LogP contribution in [0.3, 0.4) is 0 Å². The Balaban J connectivity index is 1.92. The molecule has 0 fully saturated rings. The summed E-state index contributed by atoms with van der Waals surface area (Å²) in [6.45, 7) is 3.36. The molecule has 3 N–H and O–H groups in total. The third-order valence-electron chi connectivity index (χ3n) is 6.19.